The van der Waals surface area contributed by atoms with Crippen LogP contribution >= 0.6 is 24.0 Å². The molecule has 2 aromatic carbocycles. The van der Waals surface area contributed by atoms with Crippen LogP contribution in [0.2, 0.25) is 0 Å². The number of halogens is 4. The van der Waals surface area contributed by atoms with E-state index in [9.17, 15) is 18.0 Å². The summed E-state index contributed by atoms with van der Waals surface area (Å²) in [4.78, 5) is 18.4. The number of aliphatic imine (C=N–C) groups is 1. The van der Waals surface area contributed by atoms with Crippen molar-refractivity contribution in [3.05, 3.63) is 70.8 Å². The molecule has 1 aliphatic rings. The Labute approximate surface area is 197 Å². The molecule has 1 amide bonds. The second-order valence-corrected chi connectivity index (χ2v) is 7.17. The minimum atomic E-state index is -4.33. The third kappa shape index (κ3) is 7.12. The summed E-state index contributed by atoms with van der Waals surface area (Å²) in [6, 6.07) is 13.1. The Morgan fingerprint density at radius 2 is 1.65 bits per heavy atom. The van der Waals surface area contributed by atoms with Gasteiger partial charge in [-0.15, -0.1) is 24.0 Å². The van der Waals surface area contributed by atoms with Crippen LogP contribution in [0.25, 0.3) is 0 Å². The summed E-state index contributed by atoms with van der Waals surface area (Å²) in [6.07, 6.45) is -3.23. The molecule has 0 atom stereocenters. The standard InChI is InChI=1S/C22H25F3N4O.HI/c1-26-21(28-13-16-8-10-19(11-9-16)22(23,24)25)27-12-4-7-20(30)29-14-17-5-2-3-6-18(17)15-29;/h2-3,5-6,8-11H,4,7,12-15H2,1H3,(H2,26,27,28);1H. The molecule has 0 radical (unpaired) electrons. The topological polar surface area (TPSA) is 56.7 Å². The molecule has 9 heteroatoms. The van der Waals surface area contributed by atoms with Gasteiger partial charge in [0.15, 0.2) is 5.96 Å². The SMILES string of the molecule is CN=C(NCCCC(=O)N1Cc2ccccc2C1)NCc1ccc(C(F)(F)F)cc1.I. The Morgan fingerprint density at radius 1 is 1.03 bits per heavy atom. The van der Waals surface area contributed by atoms with Crippen LogP contribution in [0, 0.1) is 0 Å². The van der Waals surface area contributed by atoms with Crippen LogP contribution in [0.15, 0.2) is 53.5 Å². The van der Waals surface area contributed by atoms with Crippen molar-refractivity contribution in [1.29, 1.82) is 0 Å². The monoisotopic (exact) mass is 546 g/mol. The van der Waals surface area contributed by atoms with Gasteiger partial charge in [-0.2, -0.15) is 13.2 Å². The lowest BCUT2D eigenvalue weighted by Crippen LogP contribution is -2.37. The van der Waals surface area contributed by atoms with Crippen LogP contribution in [0.5, 0.6) is 0 Å². The van der Waals surface area contributed by atoms with E-state index < -0.39 is 11.7 Å². The summed E-state index contributed by atoms with van der Waals surface area (Å²) in [5.74, 6) is 0.664. The molecule has 0 unspecified atom stereocenters. The highest BCUT2D eigenvalue weighted by Crippen LogP contribution is 2.29. The number of fused-ring (bicyclic) bond motifs is 1. The van der Waals surface area contributed by atoms with Gasteiger partial charge in [0.25, 0.3) is 0 Å². The van der Waals surface area contributed by atoms with E-state index in [0.717, 1.165) is 17.7 Å². The second-order valence-electron chi connectivity index (χ2n) is 7.17. The Balaban J connectivity index is 0.00000341. The lowest BCUT2D eigenvalue weighted by Gasteiger charge is -2.16. The van der Waals surface area contributed by atoms with Crippen LogP contribution in [-0.4, -0.2) is 30.4 Å². The number of hydrogen-bond acceptors (Lipinski definition) is 2. The molecule has 168 valence electrons. The zero-order chi connectivity index (χ0) is 21.6. The highest BCUT2D eigenvalue weighted by Gasteiger charge is 2.29. The molecule has 1 heterocycles. The van der Waals surface area contributed by atoms with E-state index in [1.807, 2.05) is 17.0 Å². The molecule has 0 aromatic heterocycles. The number of guanidine groups is 1. The quantitative estimate of drug-likeness (QED) is 0.246. The average molecular weight is 546 g/mol. The van der Waals surface area contributed by atoms with E-state index >= 15 is 0 Å². The molecule has 3 rings (SSSR count). The smallest absolute Gasteiger partial charge is 0.356 e. The maximum atomic E-state index is 12.6. The predicted octanol–water partition coefficient (Wildman–Crippen LogP) is 4.31. The van der Waals surface area contributed by atoms with Crippen molar-refractivity contribution in [2.24, 2.45) is 4.99 Å². The van der Waals surface area contributed by atoms with E-state index in [-0.39, 0.29) is 29.9 Å². The number of nitrogens with zero attached hydrogens (tertiary/aromatic N) is 2. The van der Waals surface area contributed by atoms with E-state index in [1.165, 1.54) is 23.3 Å². The molecular formula is C22H26F3IN4O. The minimum Gasteiger partial charge on any atom is -0.356 e. The van der Waals surface area contributed by atoms with Crippen LogP contribution in [0.1, 0.15) is 35.1 Å². The molecule has 1 aliphatic heterocycles. The first kappa shape index (κ1) is 25.0. The summed E-state index contributed by atoms with van der Waals surface area (Å²) in [5, 5.41) is 6.19. The zero-order valence-electron chi connectivity index (χ0n) is 17.2. The number of carbonyl (C=O) groups excluding carboxylic acids is 1. The molecule has 0 bridgehead atoms. The number of amides is 1. The molecule has 5 nitrogen and oxygen atoms in total. The first-order chi connectivity index (χ1) is 14.4. The Bertz CT molecular complexity index is 875. The van der Waals surface area contributed by atoms with Crippen LogP contribution in [0.3, 0.4) is 0 Å². The molecule has 0 spiro atoms. The van der Waals surface area contributed by atoms with Crippen molar-refractivity contribution in [3.63, 3.8) is 0 Å². The van der Waals surface area contributed by atoms with Gasteiger partial charge in [0, 0.05) is 39.6 Å². The third-order valence-corrected chi connectivity index (χ3v) is 5.02. The fourth-order valence-electron chi connectivity index (χ4n) is 3.33. The highest BCUT2D eigenvalue weighted by molar-refractivity contribution is 14.0. The lowest BCUT2D eigenvalue weighted by atomic mass is 10.1. The van der Waals surface area contributed by atoms with Gasteiger partial charge in [-0.3, -0.25) is 9.79 Å². The van der Waals surface area contributed by atoms with Gasteiger partial charge in [-0.1, -0.05) is 36.4 Å². The van der Waals surface area contributed by atoms with Crippen molar-refractivity contribution in [3.8, 4) is 0 Å². The first-order valence-corrected chi connectivity index (χ1v) is 9.82. The summed E-state index contributed by atoms with van der Waals surface area (Å²) in [7, 11) is 1.62. The summed E-state index contributed by atoms with van der Waals surface area (Å²) in [6.45, 7) is 2.25. The van der Waals surface area contributed by atoms with Gasteiger partial charge in [-0.25, -0.2) is 0 Å². The second kappa shape index (κ2) is 11.4. The van der Waals surface area contributed by atoms with Gasteiger partial charge in [-0.05, 0) is 35.2 Å². The molecular weight excluding hydrogens is 520 g/mol. The summed E-state index contributed by atoms with van der Waals surface area (Å²) < 4.78 is 37.8. The molecule has 31 heavy (non-hydrogen) atoms. The zero-order valence-corrected chi connectivity index (χ0v) is 19.5. The Kier molecular flexibility index (Phi) is 9.15. The molecule has 0 fully saturated rings. The van der Waals surface area contributed by atoms with E-state index in [0.29, 0.717) is 45.0 Å². The number of nitrogens with one attached hydrogen (secondary N) is 2. The number of carbonyl (C=O) groups is 1. The highest BCUT2D eigenvalue weighted by atomic mass is 127. The molecule has 2 aromatic rings. The van der Waals surface area contributed by atoms with Crippen LogP contribution < -0.4 is 10.6 Å². The molecule has 2 N–H and O–H groups in total. The number of rotatable bonds is 6. The lowest BCUT2D eigenvalue weighted by molar-refractivity contribution is -0.137. The van der Waals surface area contributed by atoms with Crippen LogP contribution in [-0.2, 0) is 30.6 Å². The van der Waals surface area contributed by atoms with Gasteiger partial charge < -0.3 is 15.5 Å². The number of alkyl halides is 3. The van der Waals surface area contributed by atoms with Crippen molar-refractivity contribution in [2.75, 3.05) is 13.6 Å². The van der Waals surface area contributed by atoms with Gasteiger partial charge in [0.05, 0.1) is 5.56 Å². The fraction of sp³-hybridized carbons (Fsp3) is 0.364. The molecule has 0 aliphatic carbocycles. The minimum absolute atomic E-state index is 0. The fourth-order valence-corrected chi connectivity index (χ4v) is 3.33. The molecule has 0 saturated carbocycles. The summed E-state index contributed by atoms with van der Waals surface area (Å²) in [5.41, 5.74) is 2.46. The van der Waals surface area contributed by atoms with Crippen molar-refractivity contribution >= 4 is 35.8 Å². The van der Waals surface area contributed by atoms with Gasteiger partial charge in [0.2, 0.25) is 5.91 Å². The van der Waals surface area contributed by atoms with Crippen molar-refractivity contribution in [2.45, 2.75) is 38.7 Å². The van der Waals surface area contributed by atoms with Crippen LogP contribution in [0.4, 0.5) is 13.2 Å². The Morgan fingerprint density at radius 3 is 2.19 bits per heavy atom. The normalized spacial score (nSPS) is 13.4. The van der Waals surface area contributed by atoms with E-state index in [4.69, 9.17) is 0 Å². The van der Waals surface area contributed by atoms with Crippen molar-refractivity contribution in [1.82, 2.24) is 15.5 Å². The molecule has 0 saturated heterocycles. The predicted molar refractivity (Wildman–Crippen MR) is 125 cm³/mol. The van der Waals surface area contributed by atoms with Gasteiger partial charge in [0.1, 0.15) is 0 Å². The number of benzene rings is 2. The maximum absolute atomic E-state index is 12.6. The third-order valence-electron chi connectivity index (χ3n) is 5.02. The van der Waals surface area contributed by atoms with E-state index in [1.54, 1.807) is 7.05 Å². The first-order valence-electron chi connectivity index (χ1n) is 9.82. The Hall–Kier alpha value is -2.30. The maximum Gasteiger partial charge on any atom is 0.416 e. The van der Waals surface area contributed by atoms with Crippen molar-refractivity contribution < 1.29 is 18.0 Å². The average Bonchev–Trinajstić information content (AvgIpc) is 3.17. The largest absolute Gasteiger partial charge is 0.416 e. The van der Waals surface area contributed by atoms with Gasteiger partial charge >= 0.3 is 6.18 Å². The van der Waals surface area contributed by atoms with E-state index in [2.05, 4.69) is 27.8 Å². The number of hydrogen-bond donors (Lipinski definition) is 2. The summed E-state index contributed by atoms with van der Waals surface area (Å²) >= 11 is 0.